The number of phosphoric ester groups is 1. The molecule has 1 radical (unpaired) electrons. The Balaban J connectivity index is 3.70. The Kier molecular flexibility index (Phi) is 4.91. The van der Waals surface area contributed by atoms with Crippen molar-refractivity contribution >= 4 is 7.82 Å². The second kappa shape index (κ2) is 4.85. The summed E-state index contributed by atoms with van der Waals surface area (Å²) in [6.07, 6.45) is 0.538. The third-order valence-corrected chi connectivity index (χ3v) is 2.23. The maximum Gasteiger partial charge on any atom is 0.474 e. The molecule has 0 fully saturated rings. The van der Waals surface area contributed by atoms with Crippen molar-refractivity contribution in [1.82, 2.24) is 0 Å². The molecule has 0 saturated heterocycles. The maximum absolute atomic E-state index is 11.0. The molecule has 0 aromatic heterocycles. The molecule has 0 atom stereocenters. The number of rotatable bonds is 5. The highest BCUT2D eigenvalue weighted by Gasteiger charge is 2.21. The fraction of sp³-hybridized carbons (Fsp3) is 0.800. The van der Waals surface area contributed by atoms with Gasteiger partial charge in [-0.3, -0.25) is 13.6 Å². The van der Waals surface area contributed by atoms with Gasteiger partial charge in [0.05, 0.1) is 6.61 Å². The maximum atomic E-state index is 11.0. The molecular formula is C5H12O4P. The Bertz CT molecular complexity index is 117. The normalized spacial score (nSPS) is 11.9. The number of phosphoric acid groups is 1. The van der Waals surface area contributed by atoms with Crippen molar-refractivity contribution in [3.63, 3.8) is 0 Å². The first-order chi connectivity index (χ1) is 4.68. The Hall–Kier alpha value is 0.110. The Morgan fingerprint density at radius 1 is 1.40 bits per heavy atom. The van der Waals surface area contributed by atoms with E-state index in [-0.39, 0.29) is 6.61 Å². The molecule has 0 amide bonds. The third-order valence-electron chi connectivity index (χ3n) is 0.841. The number of hydrogen-bond acceptors (Lipinski definition) is 4. The highest BCUT2D eigenvalue weighted by molar-refractivity contribution is 7.48. The van der Waals surface area contributed by atoms with Crippen molar-refractivity contribution in [3.05, 3.63) is 6.92 Å². The van der Waals surface area contributed by atoms with Gasteiger partial charge in [-0.25, -0.2) is 4.57 Å². The fourth-order valence-electron chi connectivity index (χ4n) is 0.356. The summed E-state index contributed by atoms with van der Waals surface area (Å²) in [6.45, 7) is 3.78. The summed E-state index contributed by atoms with van der Waals surface area (Å²) in [5, 5.41) is 0. The summed E-state index contributed by atoms with van der Waals surface area (Å²) in [4.78, 5) is 0. The van der Waals surface area contributed by atoms with E-state index in [1.165, 1.54) is 14.2 Å². The van der Waals surface area contributed by atoms with Crippen LogP contribution in [-0.2, 0) is 18.1 Å². The lowest BCUT2D eigenvalue weighted by atomic mass is 10.5. The zero-order chi connectivity index (χ0) is 8.04. The van der Waals surface area contributed by atoms with E-state index in [9.17, 15) is 4.57 Å². The van der Waals surface area contributed by atoms with Gasteiger partial charge in [0.15, 0.2) is 0 Å². The highest BCUT2D eigenvalue weighted by Crippen LogP contribution is 2.47. The summed E-state index contributed by atoms with van der Waals surface area (Å²) < 4.78 is 24.7. The van der Waals surface area contributed by atoms with Gasteiger partial charge in [0.2, 0.25) is 0 Å². The van der Waals surface area contributed by atoms with Crippen LogP contribution in [0.4, 0.5) is 0 Å². The van der Waals surface area contributed by atoms with Gasteiger partial charge in [0, 0.05) is 14.2 Å². The quantitative estimate of drug-likeness (QED) is 0.583. The molecule has 4 nitrogen and oxygen atoms in total. The number of hydrogen-bond donors (Lipinski definition) is 0. The molecule has 0 aromatic carbocycles. The summed E-state index contributed by atoms with van der Waals surface area (Å²) in [6, 6.07) is 0. The van der Waals surface area contributed by atoms with Crippen LogP contribution in [0.1, 0.15) is 6.42 Å². The average molecular weight is 167 g/mol. The van der Waals surface area contributed by atoms with Crippen molar-refractivity contribution in [1.29, 1.82) is 0 Å². The zero-order valence-electron chi connectivity index (χ0n) is 6.20. The molecule has 0 spiro atoms. The summed E-state index contributed by atoms with van der Waals surface area (Å²) >= 11 is 0. The van der Waals surface area contributed by atoms with Gasteiger partial charge in [-0.2, -0.15) is 0 Å². The van der Waals surface area contributed by atoms with Crippen LogP contribution < -0.4 is 0 Å². The van der Waals surface area contributed by atoms with Crippen molar-refractivity contribution in [2.45, 2.75) is 6.42 Å². The molecule has 0 aliphatic carbocycles. The monoisotopic (exact) mass is 167 g/mol. The Morgan fingerprint density at radius 2 is 1.90 bits per heavy atom. The summed E-state index contributed by atoms with van der Waals surface area (Å²) in [5.41, 5.74) is 0. The predicted molar refractivity (Wildman–Crippen MR) is 37.6 cm³/mol. The molecule has 0 aliphatic heterocycles. The minimum atomic E-state index is -3.24. The summed E-state index contributed by atoms with van der Waals surface area (Å²) in [7, 11) is -0.695. The lowest BCUT2D eigenvalue weighted by molar-refractivity contribution is 0.154. The van der Waals surface area contributed by atoms with Gasteiger partial charge in [-0.1, -0.05) is 6.92 Å². The van der Waals surface area contributed by atoms with Crippen LogP contribution in [0.2, 0.25) is 0 Å². The van der Waals surface area contributed by atoms with Crippen LogP contribution in [0.3, 0.4) is 0 Å². The zero-order valence-corrected chi connectivity index (χ0v) is 7.10. The molecule has 0 unspecified atom stereocenters. The molecule has 0 saturated carbocycles. The smallest absolute Gasteiger partial charge is 0.290 e. The van der Waals surface area contributed by atoms with Crippen LogP contribution in [-0.4, -0.2) is 20.8 Å². The topological polar surface area (TPSA) is 44.8 Å². The molecule has 61 valence electrons. The minimum Gasteiger partial charge on any atom is -0.290 e. The van der Waals surface area contributed by atoms with Crippen LogP contribution in [0.25, 0.3) is 0 Å². The van der Waals surface area contributed by atoms with E-state index in [1.54, 1.807) is 0 Å². The van der Waals surface area contributed by atoms with E-state index in [0.29, 0.717) is 6.42 Å². The standard InChI is InChI=1S/C5H12O4P/c1-4-5-9-10(6,7-2)8-3/h1,4-5H2,2-3H3. The van der Waals surface area contributed by atoms with Gasteiger partial charge in [-0.05, 0) is 6.42 Å². The van der Waals surface area contributed by atoms with Crippen molar-refractivity contribution in [3.8, 4) is 0 Å². The van der Waals surface area contributed by atoms with Crippen molar-refractivity contribution in [2.24, 2.45) is 0 Å². The second-order valence-electron chi connectivity index (χ2n) is 1.50. The van der Waals surface area contributed by atoms with Crippen molar-refractivity contribution in [2.75, 3.05) is 20.8 Å². The van der Waals surface area contributed by atoms with Crippen LogP contribution in [0, 0.1) is 6.92 Å². The first kappa shape index (κ1) is 10.1. The van der Waals surface area contributed by atoms with Gasteiger partial charge in [0.25, 0.3) is 0 Å². The van der Waals surface area contributed by atoms with Crippen LogP contribution in [0.15, 0.2) is 0 Å². The molecule has 0 aromatic rings. The van der Waals surface area contributed by atoms with E-state index in [1.807, 2.05) is 0 Å². The molecule has 0 rings (SSSR count). The molecule has 0 heterocycles. The molecule has 0 N–H and O–H groups in total. The van der Waals surface area contributed by atoms with E-state index in [4.69, 9.17) is 4.52 Å². The Morgan fingerprint density at radius 3 is 2.20 bits per heavy atom. The second-order valence-corrected chi connectivity index (χ2v) is 3.38. The first-order valence-electron chi connectivity index (χ1n) is 2.84. The predicted octanol–water partition coefficient (Wildman–Crippen LogP) is 1.63. The minimum absolute atomic E-state index is 0.277. The lowest BCUT2D eigenvalue weighted by Gasteiger charge is -2.11. The van der Waals surface area contributed by atoms with Crippen molar-refractivity contribution < 1.29 is 18.1 Å². The van der Waals surface area contributed by atoms with Gasteiger partial charge < -0.3 is 0 Å². The van der Waals surface area contributed by atoms with Crippen LogP contribution in [0.5, 0.6) is 0 Å². The highest BCUT2D eigenvalue weighted by atomic mass is 31.2. The van der Waals surface area contributed by atoms with Crippen LogP contribution >= 0.6 is 7.82 Å². The first-order valence-corrected chi connectivity index (χ1v) is 4.30. The molecule has 0 bridgehead atoms. The molecule has 5 heteroatoms. The lowest BCUT2D eigenvalue weighted by Crippen LogP contribution is -1.95. The molecular weight excluding hydrogens is 155 g/mol. The van der Waals surface area contributed by atoms with E-state index >= 15 is 0 Å². The third kappa shape index (κ3) is 3.32. The van der Waals surface area contributed by atoms with Gasteiger partial charge in [0.1, 0.15) is 0 Å². The average Bonchev–Trinajstić information content (AvgIpc) is 2.00. The fourth-order valence-corrected chi connectivity index (χ4v) is 1.07. The van der Waals surface area contributed by atoms with E-state index < -0.39 is 7.82 Å². The van der Waals surface area contributed by atoms with Gasteiger partial charge in [-0.15, -0.1) is 0 Å². The SMILES string of the molecule is [CH2]CCOP(=O)(OC)OC. The Labute approximate surface area is 61.1 Å². The molecule has 10 heavy (non-hydrogen) atoms. The summed E-state index contributed by atoms with van der Waals surface area (Å²) in [5.74, 6) is 0. The van der Waals surface area contributed by atoms with E-state index in [2.05, 4.69) is 16.0 Å². The largest absolute Gasteiger partial charge is 0.474 e. The molecule has 0 aliphatic rings. The van der Waals surface area contributed by atoms with Gasteiger partial charge >= 0.3 is 7.82 Å². The van der Waals surface area contributed by atoms with E-state index in [0.717, 1.165) is 0 Å².